The van der Waals surface area contributed by atoms with E-state index in [0.29, 0.717) is 15.6 Å². The van der Waals surface area contributed by atoms with Gasteiger partial charge < -0.3 is 4.74 Å². The number of rotatable bonds is 4. The first-order chi connectivity index (χ1) is 12.0. The lowest BCUT2D eigenvalue weighted by Crippen LogP contribution is -2.43. The van der Waals surface area contributed by atoms with Crippen LogP contribution < -0.4 is 15.6 Å². The fraction of sp³-hybridized carbons (Fsp3) is 0.111. The number of hydrogen-bond donors (Lipinski definition) is 2. The van der Waals surface area contributed by atoms with Gasteiger partial charge in [-0.3, -0.25) is 20.4 Å². The fourth-order valence-electron chi connectivity index (χ4n) is 2.23. The van der Waals surface area contributed by atoms with Gasteiger partial charge in [-0.05, 0) is 30.7 Å². The Kier molecular flexibility index (Phi) is 5.21. The Morgan fingerprint density at radius 1 is 1.12 bits per heavy atom. The lowest BCUT2D eigenvalue weighted by molar-refractivity contribution is -0.123. The first kappa shape index (κ1) is 17.3. The lowest BCUT2D eigenvalue weighted by Gasteiger charge is -2.08. The number of nitrogens with one attached hydrogen (secondary N) is 2. The van der Waals surface area contributed by atoms with Gasteiger partial charge in [-0.1, -0.05) is 41.9 Å². The Morgan fingerprint density at radius 2 is 1.92 bits per heavy atom. The van der Waals surface area contributed by atoms with Crippen molar-refractivity contribution in [1.82, 2.24) is 10.9 Å². The molecule has 7 heteroatoms. The number of carbonyl (C=O) groups excluding carboxylic acids is 2. The zero-order valence-corrected chi connectivity index (χ0v) is 14.9. The molecule has 0 unspecified atom stereocenters. The Balaban J connectivity index is 1.56. The molecule has 128 valence electrons. The minimum atomic E-state index is -0.466. The second kappa shape index (κ2) is 7.55. The highest BCUT2D eigenvalue weighted by Gasteiger charge is 2.17. The molecule has 0 spiro atoms. The second-order valence-corrected chi connectivity index (χ2v) is 6.78. The van der Waals surface area contributed by atoms with E-state index in [-0.39, 0.29) is 6.61 Å². The fourth-order valence-corrected chi connectivity index (χ4v) is 3.65. The number of ether oxygens (including phenoxy) is 1. The van der Waals surface area contributed by atoms with E-state index >= 15 is 0 Å². The highest BCUT2D eigenvalue weighted by molar-refractivity contribution is 7.21. The molecule has 2 N–H and O–H groups in total. The summed E-state index contributed by atoms with van der Waals surface area (Å²) in [7, 11) is 0. The van der Waals surface area contributed by atoms with Crippen molar-refractivity contribution in [3.63, 3.8) is 0 Å². The summed E-state index contributed by atoms with van der Waals surface area (Å²) in [5, 5.41) is 1.19. The van der Waals surface area contributed by atoms with E-state index in [1.807, 2.05) is 49.4 Å². The van der Waals surface area contributed by atoms with Crippen molar-refractivity contribution in [1.29, 1.82) is 0 Å². The molecule has 0 saturated heterocycles. The third-order valence-electron chi connectivity index (χ3n) is 3.42. The van der Waals surface area contributed by atoms with Crippen LogP contribution in [0, 0.1) is 6.92 Å². The number of fused-ring (bicyclic) bond motifs is 1. The third kappa shape index (κ3) is 4.10. The van der Waals surface area contributed by atoms with E-state index in [1.54, 1.807) is 6.07 Å². The Bertz CT molecular complexity index is 939. The molecule has 0 aliphatic heterocycles. The van der Waals surface area contributed by atoms with Crippen LogP contribution in [0.15, 0.2) is 48.5 Å². The minimum Gasteiger partial charge on any atom is -0.484 e. The van der Waals surface area contributed by atoms with E-state index in [1.165, 1.54) is 11.3 Å². The van der Waals surface area contributed by atoms with Gasteiger partial charge in [-0.15, -0.1) is 11.3 Å². The molecule has 0 atom stereocenters. The monoisotopic (exact) mass is 374 g/mol. The predicted octanol–water partition coefficient (Wildman–Crippen LogP) is 3.70. The van der Waals surface area contributed by atoms with Crippen molar-refractivity contribution >= 4 is 44.8 Å². The Labute approximate surface area is 153 Å². The zero-order valence-electron chi connectivity index (χ0n) is 13.3. The quantitative estimate of drug-likeness (QED) is 0.684. The first-order valence-electron chi connectivity index (χ1n) is 7.50. The minimum absolute atomic E-state index is 0.204. The lowest BCUT2D eigenvalue weighted by atomic mass is 10.2. The molecule has 0 radical (unpaired) electrons. The maximum Gasteiger partial charge on any atom is 0.281 e. The number of amides is 2. The molecule has 2 amide bonds. The topological polar surface area (TPSA) is 67.4 Å². The van der Waals surface area contributed by atoms with Crippen LogP contribution in [0.2, 0.25) is 5.02 Å². The summed E-state index contributed by atoms with van der Waals surface area (Å²) in [6, 6.07) is 14.8. The SMILES string of the molecule is Cc1cccc(OCC(=O)NNC(=O)c2sc3ccccc3c2Cl)c1. The number of carbonyl (C=O) groups is 2. The number of hydrogen-bond acceptors (Lipinski definition) is 4. The van der Waals surface area contributed by atoms with E-state index in [4.69, 9.17) is 16.3 Å². The molecule has 0 aliphatic rings. The molecule has 2 aromatic carbocycles. The third-order valence-corrected chi connectivity index (χ3v) is 5.09. The molecule has 25 heavy (non-hydrogen) atoms. The summed E-state index contributed by atoms with van der Waals surface area (Å²) in [6.07, 6.45) is 0. The molecule has 3 rings (SSSR count). The van der Waals surface area contributed by atoms with Crippen LogP contribution in [-0.2, 0) is 4.79 Å². The largest absolute Gasteiger partial charge is 0.484 e. The molecule has 0 bridgehead atoms. The molecular weight excluding hydrogens is 360 g/mol. The van der Waals surface area contributed by atoms with Crippen molar-refractivity contribution in [3.8, 4) is 5.75 Å². The van der Waals surface area contributed by atoms with Gasteiger partial charge in [0.05, 0.1) is 5.02 Å². The van der Waals surface area contributed by atoms with Crippen molar-refractivity contribution in [3.05, 3.63) is 64.0 Å². The van der Waals surface area contributed by atoms with E-state index in [2.05, 4.69) is 10.9 Å². The molecule has 0 fully saturated rings. The number of thiophene rings is 1. The molecule has 5 nitrogen and oxygen atoms in total. The van der Waals surface area contributed by atoms with Crippen molar-refractivity contribution in [2.45, 2.75) is 6.92 Å². The van der Waals surface area contributed by atoms with E-state index in [9.17, 15) is 9.59 Å². The van der Waals surface area contributed by atoms with Crippen LogP contribution in [0.5, 0.6) is 5.75 Å². The first-order valence-corrected chi connectivity index (χ1v) is 8.70. The van der Waals surface area contributed by atoms with Gasteiger partial charge in [0.2, 0.25) is 0 Å². The molecule has 3 aromatic rings. The number of halogens is 1. The standard InChI is InChI=1S/C18H15ClN2O3S/c1-11-5-4-6-12(9-11)24-10-15(22)20-21-18(23)17-16(19)13-7-2-3-8-14(13)25-17/h2-9H,10H2,1H3,(H,20,22)(H,21,23). The molecule has 0 saturated carbocycles. The van der Waals surface area contributed by atoms with Gasteiger partial charge in [0, 0.05) is 10.1 Å². The highest BCUT2D eigenvalue weighted by atomic mass is 35.5. The summed E-state index contributed by atoms with van der Waals surface area (Å²) in [5.74, 6) is -0.337. The van der Waals surface area contributed by atoms with Crippen LogP contribution in [0.25, 0.3) is 10.1 Å². The van der Waals surface area contributed by atoms with Crippen LogP contribution >= 0.6 is 22.9 Å². The molecule has 1 aromatic heterocycles. The highest BCUT2D eigenvalue weighted by Crippen LogP contribution is 2.34. The van der Waals surface area contributed by atoms with Crippen LogP contribution in [0.4, 0.5) is 0 Å². The van der Waals surface area contributed by atoms with Crippen LogP contribution in [-0.4, -0.2) is 18.4 Å². The van der Waals surface area contributed by atoms with E-state index < -0.39 is 11.8 Å². The van der Waals surface area contributed by atoms with Crippen molar-refractivity contribution < 1.29 is 14.3 Å². The summed E-state index contributed by atoms with van der Waals surface area (Å²) in [5.41, 5.74) is 5.71. The number of benzene rings is 2. The molecular formula is C18H15ClN2O3S. The summed E-state index contributed by atoms with van der Waals surface area (Å²) in [6.45, 7) is 1.73. The molecule has 0 aliphatic carbocycles. The Hall–Kier alpha value is -2.57. The summed E-state index contributed by atoms with van der Waals surface area (Å²) < 4.78 is 6.28. The zero-order chi connectivity index (χ0) is 17.8. The Morgan fingerprint density at radius 3 is 2.68 bits per heavy atom. The van der Waals surface area contributed by atoms with Gasteiger partial charge in [0.25, 0.3) is 11.8 Å². The number of hydrazine groups is 1. The average molecular weight is 375 g/mol. The summed E-state index contributed by atoms with van der Waals surface area (Å²) in [4.78, 5) is 24.4. The van der Waals surface area contributed by atoms with Gasteiger partial charge >= 0.3 is 0 Å². The predicted molar refractivity (Wildman–Crippen MR) is 99.1 cm³/mol. The number of aryl methyl sites for hydroxylation is 1. The summed E-state index contributed by atoms with van der Waals surface area (Å²) >= 11 is 7.50. The van der Waals surface area contributed by atoms with Gasteiger partial charge in [-0.2, -0.15) is 0 Å². The van der Waals surface area contributed by atoms with Crippen LogP contribution in [0.3, 0.4) is 0 Å². The maximum atomic E-state index is 12.2. The second-order valence-electron chi connectivity index (χ2n) is 5.35. The smallest absolute Gasteiger partial charge is 0.281 e. The average Bonchev–Trinajstić information content (AvgIpc) is 2.95. The van der Waals surface area contributed by atoms with Crippen molar-refractivity contribution in [2.75, 3.05) is 6.61 Å². The van der Waals surface area contributed by atoms with Crippen LogP contribution in [0.1, 0.15) is 15.2 Å². The maximum absolute atomic E-state index is 12.2. The van der Waals surface area contributed by atoms with Gasteiger partial charge in [-0.25, -0.2) is 0 Å². The normalized spacial score (nSPS) is 10.5. The van der Waals surface area contributed by atoms with E-state index in [0.717, 1.165) is 15.6 Å². The van der Waals surface area contributed by atoms with Crippen molar-refractivity contribution in [2.24, 2.45) is 0 Å². The van der Waals surface area contributed by atoms with Gasteiger partial charge in [0.15, 0.2) is 6.61 Å². The molecule has 1 heterocycles. The van der Waals surface area contributed by atoms with Gasteiger partial charge in [0.1, 0.15) is 10.6 Å².